The third kappa shape index (κ3) is 3.40. The van der Waals surface area contributed by atoms with Crippen molar-refractivity contribution in [1.29, 1.82) is 0 Å². The summed E-state index contributed by atoms with van der Waals surface area (Å²) in [4.78, 5) is 5.05. The summed E-state index contributed by atoms with van der Waals surface area (Å²) in [5.41, 5.74) is 7.30. The summed E-state index contributed by atoms with van der Waals surface area (Å²) >= 11 is 0. The van der Waals surface area contributed by atoms with Crippen molar-refractivity contribution in [3.05, 3.63) is 18.0 Å². The minimum atomic E-state index is 0.307. The maximum atomic E-state index is 6.04. The molecule has 2 unspecified atom stereocenters. The van der Waals surface area contributed by atoms with Crippen LogP contribution in [0.4, 0.5) is 0 Å². The minimum Gasteiger partial charge on any atom is -0.329 e. The quantitative estimate of drug-likeness (QED) is 0.853. The van der Waals surface area contributed by atoms with Gasteiger partial charge in [-0.25, -0.2) is 0 Å². The molecule has 1 fully saturated rings. The molecule has 2 atom stereocenters. The molecule has 0 spiro atoms. The number of piperazine rings is 1. The smallest absolute Gasteiger partial charge is 0.0538 e. The van der Waals surface area contributed by atoms with Crippen molar-refractivity contribution in [3.63, 3.8) is 0 Å². The van der Waals surface area contributed by atoms with Gasteiger partial charge in [0.25, 0.3) is 0 Å². The fraction of sp³-hybridized carbons (Fsp3) is 0.800. The van der Waals surface area contributed by atoms with Crippen LogP contribution in [-0.2, 0) is 6.54 Å². The van der Waals surface area contributed by atoms with E-state index in [1.54, 1.807) is 0 Å². The van der Waals surface area contributed by atoms with E-state index in [9.17, 15) is 0 Å². The molecule has 1 aliphatic heterocycles. The molecule has 1 aliphatic rings. The normalized spacial score (nSPS) is 23.1. The van der Waals surface area contributed by atoms with E-state index in [1.165, 1.54) is 5.56 Å². The van der Waals surface area contributed by atoms with Gasteiger partial charge in [0.15, 0.2) is 0 Å². The van der Waals surface area contributed by atoms with Crippen LogP contribution in [0.1, 0.15) is 38.8 Å². The molecular weight excluding hydrogens is 250 g/mol. The molecule has 2 rings (SSSR count). The number of hydrogen-bond acceptors (Lipinski definition) is 4. The summed E-state index contributed by atoms with van der Waals surface area (Å²) in [6, 6.07) is 0.913. The SMILES string of the molecule is CCCn1cc(C(CN)N2CCN(CC)C(C)C2)cn1. The highest BCUT2D eigenvalue weighted by Crippen LogP contribution is 2.22. The van der Waals surface area contributed by atoms with Gasteiger partial charge in [-0.05, 0) is 19.9 Å². The lowest BCUT2D eigenvalue weighted by Crippen LogP contribution is -2.53. The Kier molecular flexibility index (Phi) is 5.57. The van der Waals surface area contributed by atoms with Crippen LogP contribution in [0.3, 0.4) is 0 Å². The first-order chi connectivity index (χ1) is 9.69. The first-order valence-electron chi connectivity index (χ1n) is 7.90. The van der Waals surface area contributed by atoms with Crippen molar-refractivity contribution in [3.8, 4) is 0 Å². The summed E-state index contributed by atoms with van der Waals surface area (Å²) in [6.07, 6.45) is 5.27. The fourth-order valence-corrected chi connectivity index (χ4v) is 3.18. The molecule has 20 heavy (non-hydrogen) atoms. The minimum absolute atomic E-state index is 0.307. The Bertz CT molecular complexity index is 403. The third-order valence-corrected chi connectivity index (χ3v) is 4.36. The van der Waals surface area contributed by atoms with Gasteiger partial charge in [0.1, 0.15) is 0 Å². The second kappa shape index (κ2) is 7.20. The van der Waals surface area contributed by atoms with E-state index in [4.69, 9.17) is 5.73 Å². The molecule has 1 saturated heterocycles. The number of nitrogens with two attached hydrogens (primary N) is 1. The number of rotatable bonds is 6. The number of nitrogens with zero attached hydrogens (tertiary/aromatic N) is 4. The van der Waals surface area contributed by atoms with E-state index >= 15 is 0 Å². The molecule has 114 valence electrons. The second-order valence-corrected chi connectivity index (χ2v) is 5.76. The van der Waals surface area contributed by atoms with E-state index < -0.39 is 0 Å². The standard InChI is InChI=1S/C15H29N5/c1-4-6-20-12-14(10-17-20)15(9-16)19-8-7-18(5-2)13(3)11-19/h10,12-13,15H,4-9,11,16H2,1-3H3. The number of aryl methyl sites for hydroxylation is 1. The molecule has 0 aromatic carbocycles. The highest BCUT2D eigenvalue weighted by molar-refractivity contribution is 5.12. The zero-order chi connectivity index (χ0) is 14.5. The average Bonchev–Trinajstić information content (AvgIpc) is 2.89. The lowest BCUT2D eigenvalue weighted by molar-refractivity contribution is 0.0606. The number of aromatic nitrogens is 2. The molecule has 5 nitrogen and oxygen atoms in total. The van der Waals surface area contributed by atoms with Crippen molar-refractivity contribution in [1.82, 2.24) is 19.6 Å². The second-order valence-electron chi connectivity index (χ2n) is 5.76. The van der Waals surface area contributed by atoms with Crippen LogP contribution in [-0.4, -0.2) is 58.3 Å². The largest absolute Gasteiger partial charge is 0.329 e. The third-order valence-electron chi connectivity index (χ3n) is 4.36. The van der Waals surface area contributed by atoms with Crippen LogP contribution in [0.2, 0.25) is 0 Å². The maximum absolute atomic E-state index is 6.04. The number of likely N-dealkylation sites (N-methyl/N-ethyl adjacent to an activating group) is 1. The van der Waals surface area contributed by atoms with Crippen molar-refractivity contribution >= 4 is 0 Å². The van der Waals surface area contributed by atoms with Crippen molar-refractivity contribution in [2.45, 2.75) is 45.8 Å². The summed E-state index contributed by atoms with van der Waals surface area (Å²) in [7, 11) is 0. The summed E-state index contributed by atoms with van der Waals surface area (Å²) < 4.78 is 2.03. The predicted octanol–water partition coefficient (Wildman–Crippen LogP) is 1.32. The summed E-state index contributed by atoms with van der Waals surface area (Å²) in [6.45, 7) is 12.8. The van der Waals surface area contributed by atoms with Gasteiger partial charge in [-0.1, -0.05) is 13.8 Å². The Hall–Kier alpha value is -0.910. The lowest BCUT2D eigenvalue weighted by Gasteiger charge is -2.42. The molecule has 2 N–H and O–H groups in total. The van der Waals surface area contributed by atoms with Crippen molar-refractivity contribution in [2.75, 3.05) is 32.7 Å². The predicted molar refractivity (Wildman–Crippen MR) is 82.6 cm³/mol. The monoisotopic (exact) mass is 279 g/mol. The molecule has 0 amide bonds. The fourth-order valence-electron chi connectivity index (χ4n) is 3.18. The lowest BCUT2D eigenvalue weighted by atomic mass is 10.1. The van der Waals surface area contributed by atoms with Gasteiger partial charge in [-0.2, -0.15) is 5.10 Å². The van der Waals surface area contributed by atoms with E-state index in [2.05, 4.69) is 41.9 Å². The van der Waals surface area contributed by atoms with Crippen LogP contribution in [0.25, 0.3) is 0 Å². The highest BCUT2D eigenvalue weighted by atomic mass is 15.3. The molecule has 1 aromatic heterocycles. The Morgan fingerprint density at radius 1 is 1.40 bits per heavy atom. The number of hydrogen-bond donors (Lipinski definition) is 1. The highest BCUT2D eigenvalue weighted by Gasteiger charge is 2.28. The van der Waals surface area contributed by atoms with Crippen molar-refractivity contribution < 1.29 is 0 Å². The van der Waals surface area contributed by atoms with Gasteiger partial charge in [0, 0.05) is 50.5 Å². The summed E-state index contributed by atoms with van der Waals surface area (Å²) in [5.74, 6) is 0. The molecule has 5 heteroatoms. The van der Waals surface area contributed by atoms with Gasteiger partial charge >= 0.3 is 0 Å². The molecule has 2 heterocycles. The Morgan fingerprint density at radius 3 is 2.80 bits per heavy atom. The summed E-state index contributed by atoms with van der Waals surface area (Å²) in [5, 5.41) is 4.44. The van der Waals surface area contributed by atoms with E-state index in [0.717, 1.165) is 39.1 Å². The van der Waals surface area contributed by atoms with Crippen LogP contribution in [0.5, 0.6) is 0 Å². The van der Waals surface area contributed by atoms with Crippen LogP contribution >= 0.6 is 0 Å². The van der Waals surface area contributed by atoms with E-state index in [-0.39, 0.29) is 0 Å². The van der Waals surface area contributed by atoms with Crippen LogP contribution < -0.4 is 5.73 Å². The zero-order valence-corrected chi connectivity index (χ0v) is 13.1. The molecular formula is C15H29N5. The molecule has 0 bridgehead atoms. The first kappa shape index (κ1) is 15.5. The average molecular weight is 279 g/mol. The van der Waals surface area contributed by atoms with Gasteiger partial charge in [-0.3, -0.25) is 14.5 Å². The molecule has 0 aliphatic carbocycles. The van der Waals surface area contributed by atoms with Gasteiger partial charge in [0.2, 0.25) is 0 Å². The van der Waals surface area contributed by atoms with Gasteiger partial charge in [-0.15, -0.1) is 0 Å². The topological polar surface area (TPSA) is 50.3 Å². The molecule has 0 saturated carbocycles. The maximum Gasteiger partial charge on any atom is 0.0538 e. The van der Waals surface area contributed by atoms with Gasteiger partial charge < -0.3 is 5.73 Å². The van der Waals surface area contributed by atoms with Crippen LogP contribution in [0.15, 0.2) is 12.4 Å². The Balaban J connectivity index is 2.04. The molecule has 0 radical (unpaired) electrons. The zero-order valence-electron chi connectivity index (χ0n) is 13.1. The van der Waals surface area contributed by atoms with Gasteiger partial charge in [0.05, 0.1) is 12.2 Å². The van der Waals surface area contributed by atoms with Crippen LogP contribution in [0, 0.1) is 0 Å². The molecule has 1 aromatic rings. The Morgan fingerprint density at radius 2 is 2.20 bits per heavy atom. The van der Waals surface area contributed by atoms with E-state index in [0.29, 0.717) is 18.6 Å². The first-order valence-corrected chi connectivity index (χ1v) is 7.90. The van der Waals surface area contributed by atoms with Crippen molar-refractivity contribution in [2.24, 2.45) is 5.73 Å². The van der Waals surface area contributed by atoms with E-state index in [1.807, 2.05) is 10.9 Å². The Labute approximate surface area is 122 Å².